The van der Waals surface area contributed by atoms with E-state index in [2.05, 4.69) is 41.2 Å². The number of nitrogens with one attached hydrogen (secondary N) is 1. The predicted octanol–water partition coefficient (Wildman–Crippen LogP) is 3.02. The molecule has 1 aliphatic heterocycles. The largest absolute Gasteiger partial charge is 0.366 e. The van der Waals surface area contributed by atoms with E-state index in [1.807, 2.05) is 12.1 Å². The maximum Gasteiger partial charge on any atom is 0.250 e. The summed E-state index contributed by atoms with van der Waals surface area (Å²) in [6, 6.07) is 14.1. The molecular weight excluding hydrogens is 312 g/mol. The van der Waals surface area contributed by atoms with Gasteiger partial charge in [0.25, 0.3) is 5.91 Å². The number of H-pyrrole nitrogens is 1. The van der Waals surface area contributed by atoms with Gasteiger partial charge in [0.1, 0.15) is 11.3 Å². The molecule has 1 atom stereocenters. The first-order chi connectivity index (χ1) is 12.1. The van der Waals surface area contributed by atoms with E-state index in [1.54, 1.807) is 6.07 Å². The van der Waals surface area contributed by atoms with Crippen LogP contribution in [0.3, 0.4) is 0 Å². The van der Waals surface area contributed by atoms with Crippen LogP contribution in [0.1, 0.15) is 46.2 Å². The van der Waals surface area contributed by atoms with E-state index >= 15 is 0 Å². The number of nitrogens with two attached hydrogens (primary N) is 1. The number of rotatable bonds is 2. The molecule has 1 aromatic heterocycles. The summed E-state index contributed by atoms with van der Waals surface area (Å²) in [5.74, 6) is 0.413. The molecule has 1 unspecified atom stereocenters. The van der Waals surface area contributed by atoms with Crippen LogP contribution in [-0.4, -0.2) is 34.4 Å². The first kappa shape index (κ1) is 15.8. The van der Waals surface area contributed by atoms with E-state index in [1.165, 1.54) is 17.5 Å². The average Bonchev–Trinajstić information content (AvgIpc) is 3.01. The number of nitrogens with zero attached hydrogens (tertiary/aromatic N) is 2. The lowest BCUT2D eigenvalue weighted by molar-refractivity contribution is 0.100. The predicted molar refractivity (Wildman–Crippen MR) is 98.5 cm³/mol. The molecule has 0 saturated carbocycles. The normalized spacial score (nSPS) is 18.5. The van der Waals surface area contributed by atoms with Crippen LogP contribution in [0.25, 0.3) is 11.0 Å². The molecular formula is C20H22N4O. The van der Waals surface area contributed by atoms with E-state index < -0.39 is 5.91 Å². The summed E-state index contributed by atoms with van der Waals surface area (Å²) >= 11 is 0. The van der Waals surface area contributed by atoms with Gasteiger partial charge in [0.15, 0.2) is 0 Å². The first-order valence-corrected chi connectivity index (χ1v) is 8.71. The zero-order valence-electron chi connectivity index (χ0n) is 14.3. The highest BCUT2D eigenvalue weighted by atomic mass is 16.1. The maximum absolute atomic E-state index is 11.7. The van der Waals surface area contributed by atoms with Gasteiger partial charge in [0.2, 0.25) is 0 Å². The third kappa shape index (κ3) is 2.81. The van der Waals surface area contributed by atoms with Gasteiger partial charge in [-0.1, -0.05) is 30.3 Å². The number of carbonyl (C=O) groups is 1. The Morgan fingerprint density at radius 1 is 1.20 bits per heavy atom. The summed E-state index contributed by atoms with van der Waals surface area (Å²) < 4.78 is 0. The van der Waals surface area contributed by atoms with Crippen molar-refractivity contribution in [3.8, 4) is 0 Å². The van der Waals surface area contributed by atoms with Crippen LogP contribution in [-0.2, 0) is 6.42 Å². The molecule has 1 aliphatic rings. The summed E-state index contributed by atoms with van der Waals surface area (Å²) in [5.41, 5.74) is 10.1. The number of imidazole rings is 1. The number of aromatic amines is 1. The highest BCUT2D eigenvalue weighted by Gasteiger charge is 2.26. The maximum atomic E-state index is 11.7. The van der Waals surface area contributed by atoms with Crippen LogP contribution in [0.2, 0.25) is 0 Å². The fraction of sp³-hybridized carbons (Fsp3) is 0.300. The number of primary amides is 1. The minimum Gasteiger partial charge on any atom is -0.366 e. The van der Waals surface area contributed by atoms with Crippen molar-refractivity contribution in [2.24, 2.45) is 5.73 Å². The molecule has 0 aliphatic carbocycles. The molecule has 3 aromatic rings. The molecule has 0 bridgehead atoms. The molecule has 0 fully saturated rings. The zero-order chi connectivity index (χ0) is 17.4. The topological polar surface area (TPSA) is 75.0 Å². The van der Waals surface area contributed by atoms with E-state index in [9.17, 15) is 4.79 Å². The number of hydrogen-bond donors (Lipinski definition) is 2. The first-order valence-electron chi connectivity index (χ1n) is 8.71. The number of hydrogen-bond acceptors (Lipinski definition) is 3. The summed E-state index contributed by atoms with van der Waals surface area (Å²) in [4.78, 5) is 22.3. The van der Waals surface area contributed by atoms with Gasteiger partial charge in [-0.2, -0.15) is 0 Å². The van der Waals surface area contributed by atoms with Gasteiger partial charge in [-0.15, -0.1) is 0 Å². The van der Waals surface area contributed by atoms with Crippen molar-refractivity contribution in [2.75, 3.05) is 13.6 Å². The number of para-hydroxylation sites is 1. The fourth-order valence-electron chi connectivity index (χ4n) is 3.81. The smallest absolute Gasteiger partial charge is 0.250 e. The summed E-state index contributed by atoms with van der Waals surface area (Å²) in [5, 5.41) is 0. The number of fused-ring (bicyclic) bond motifs is 2. The summed E-state index contributed by atoms with van der Waals surface area (Å²) in [6.07, 6.45) is 3.45. The van der Waals surface area contributed by atoms with Gasteiger partial charge in [-0.3, -0.25) is 9.69 Å². The lowest BCUT2D eigenvalue weighted by atomic mass is 9.93. The molecule has 25 heavy (non-hydrogen) atoms. The zero-order valence-corrected chi connectivity index (χ0v) is 14.3. The number of aromatic nitrogens is 2. The summed E-state index contributed by atoms with van der Waals surface area (Å²) in [6.45, 7) is 1.01. The van der Waals surface area contributed by atoms with Crippen LogP contribution < -0.4 is 5.73 Å². The Morgan fingerprint density at radius 2 is 2.04 bits per heavy atom. The second kappa shape index (κ2) is 6.33. The molecule has 5 nitrogen and oxygen atoms in total. The lowest BCUT2D eigenvalue weighted by Crippen LogP contribution is -2.29. The third-order valence-corrected chi connectivity index (χ3v) is 5.05. The standard InChI is InChI=1S/C20H22N4O/c1-24-12-5-4-8-13-7-2-3-9-14(13)18(24)20-22-16-11-6-10-15(19(21)25)17(16)23-20/h2-3,6-7,9-11,18H,4-5,8,12H2,1H3,(H2,21,25)(H,22,23). The average molecular weight is 334 g/mol. The van der Waals surface area contributed by atoms with E-state index in [0.29, 0.717) is 11.1 Å². The highest BCUT2D eigenvalue weighted by Crippen LogP contribution is 2.32. The van der Waals surface area contributed by atoms with Gasteiger partial charge in [0.05, 0.1) is 17.1 Å². The molecule has 0 saturated heterocycles. The highest BCUT2D eigenvalue weighted by molar-refractivity contribution is 6.04. The van der Waals surface area contributed by atoms with E-state index in [-0.39, 0.29) is 6.04 Å². The van der Waals surface area contributed by atoms with Gasteiger partial charge >= 0.3 is 0 Å². The van der Waals surface area contributed by atoms with Crippen LogP contribution >= 0.6 is 0 Å². The second-order valence-electron chi connectivity index (χ2n) is 6.73. The van der Waals surface area contributed by atoms with Gasteiger partial charge in [0, 0.05) is 0 Å². The van der Waals surface area contributed by atoms with E-state index in [0.717, 1.165) is 30.7 Å². The van der Waals surface area contributed by atoms with Gasteiger partial charge < -0.3 is 10.7 Å². The fourth-order valence-corrected chi connectivity index (χ4v) is 3.81. The molecule has 0 spiro atoms. The van der Waals surface area contributed by atoms with Gasteiger partial charge in [-0.05, 0) is 56.1 Å². The Bertz CT molecular complexity index is 930. The molecule has 5 heteroatoms. The van der Waals surface area contributed by atoms with Crippen LogP contribution in [0.4, 0.5) is 0 Å². The van der Waals surface area contributed by atoms with Crippen molar-refractivity contribution in [3.63, 3.8) is 0 Å². The van der Waals surface area contributed by atoms with Crippen LogP contribution in [0.5, 0.6) is 0 Å². The third-order valence-electron chi connectivity index (χ3n) is 5.05. The quantitative estimate of drug-likeness (QED) is 0.756. The molecule has 128 valence electrons. The SMILES string of the molecule is CN1CCCCc2ccccc2C1c1nc2c(C(N)=O)cccc2[nH]1. The monoisotopic (exact) mass is 334 g/mol. The number of benzene rings is 2. The van der Waals surface area contributed by atoms with Crippen LogP contribution in [0.15, 0.2) is 42.5 Å². The molecule has 4 rings (SSSR count). The Morgan fingerprint density at radius 3 is 2.88 bits per heavy atom. The Kier molecular flexibility index (Phi) is 4.01. The van der Waals surface area contributed by atoms with E-state index in [4.69, 9.17) is 10.7 Å². The Balaban J connectivity index is 1.89. The van der Waals surface area contributed by atoms with Gasteiger partial charge in [-0.25, -0.2) is 4.98 Å². The number of aryl methyl sites for hydroxylation is 1. The summed E-state index contributed by atoms with van der Waals surface area (Å²) in [7, 11) is 2.13. The Labute approximate surface area is 146 Å². The molecule has 0 radical (unpaired) electrons. The van der Waals surface area contributed by atoms with Crippen molar-refractivity contribution in [1.82, 2.24) is 14.9 Å². The van der Waals surface area contributed by atoms with Crippen molar-refractivity contribution in [1.29, 1.82) is 0 Å². The minimum atomic E-state index is -0.449. The van der Waals surface area contributed by atoms with Crippen LogP contribution in [0, 0.1) is 0 Å². The minimum absolute atomic E-state index is 0.0460. The number of carbonyl (C=O) groups excluding carboxylic acids is 1. The second-order valence-corrected chi connectivity index (χ2v) is 6.73. The molecule has 2 aromatic carbocycles. The van der Waals surface area contributed by atoms with Crippen molar-refractivity contribution in [2.45, 2.75) is 25.3 Å². The molecule has 3 N–H and O–H groups in total. The molecule has 1 amide bonds. The van der Waals surface area contributed by atoms with Crippen molar-refractivity contribution < 1.29 is 4.79 Å². The lowest BCUT2D eigenvalue weighted by Gasteiger charge is -2.30. The number of amides is 1. The van der Waals surface area contributed by atoms with Crippen molar-refractivity contribution >= 4 is 16.9 Å². The van der Waals surface area contributed by atoms with Crippen molar-refractivity contribution in [3.05, 3.63) is 65.0 Å². The molecule has 2 heterocycles. The Hall–Kier alpha value is -2.66.